The van der Waals surface area contributed by atoms with E-state index in [0.29, 0.717) is 11.7 Å². The summed E-state index contributed by atoms with van der Waals surface area (Å²) in [5, 5.41) is 3.13. The molecule has 1 aromatic heterocycles. The molecule has 14 heavy (non-hydrogen) atoms. The number of carbonyl (C=O) groups excluding carboxylic acids is 1. The largest absolute Gasteiger partial charge is 0.353 e. The molecule has 4 heteroatoms. The zero-order chi connectivity index (χ0) is 10.4. The van der Waals surface area contributed by atoms with Gasteiger partial charge in [-0.25, -0.2) is 4.98 Å². The average Bonchev–Trinajstić information content (AvgIpc) is 2.15. The maximum absolute atomic E-state index is 10.5. The molecule has 0 aliphatic carbocycles. The third-order valence-corrected chi connectivity index (χ3v) is 1.75. The van der Waals surface area contributed by atoms with Gasteiger partial charge in [-0.2, -0.15) is 0 Å². The topological polar surface area (TPSA) is 42.0 Å². The summed E-state index contributed by atoms with van der Waals surface area (Å²) in [6.07, 6.45) is 5.40. The average molecular weight is 211 g/mol. The van der Waals surface area contributed by atoms with E-state index in [2.05, 4.69) is 10.3 Å². The predicted octanol–water partition coefficient (Wildman–Crippen LogP) is 1.88. The van der Waals surface area contributed by atoms with Gasteiger partial charge in [-0.3, -0.25) is 4.79 Å². The first-order valence-electron chi connectivity index (χ1n) is 4.21. The Labute approximate surface area is 87.8 Å². The van der Waals surface area contributed by atoms with Crippen LogP contribution < -0.4 is 5.32 Å². The van der Waals surface area contributed by atoms with Gasteiger partial charge in [0.2, 0.25) is 5.91 Å². The van der Waals surface area contributed by atoms with Crippen LogP contribution in [0.25, 0.3) is 6.08 Å². The van der Waals surface area contributed by atoms with Gasteiger partial charge >= 0.3 is 0 Å². The number of hydrogen-bond donors (Lipinski definition) is 1. The van der Waals surface area contributed by atoms with Crippen molar-refractivity contribution in [1.29, 1.82) is 0 Å². The minimum absolute atomic E-state index is 0.0381. The molecule has 1 rings (SSSR count). The summed E-state index contributed by atoms with van der Waals surface area (Å²) in [5.41, 5.74) is 0.958. The number of pyridine rings is 1. The van der Waals surface area contributed by atoms with Crippen molar-refractivity contribution in [1.82, 2.24) is 10.3 Å². The third-order valence-electron chi connectivity index (χ3n) is 1.53. The van der Waals surface area contributed by atoms with E-state index in [1.165, 1.54) is 6.92 Å². The molecule has 0 aliphatic rings. The van der Waals surface area contributed by atoms with Gasteiger partial charge in [0.05, 0.1) is 0 Å². The summed E-state index contributed by atoms with van der Waals surface area (Å²) in [6, 6.07) is 3.58. The Kier molecular flexibility index (Phi) is 4.13. The number of rotatable bonds is 3. The number of amides is 1. The molecule has 1 aromatic rings. The monoisotopic (exact) mass is 210 g/mol. The van der Waals surface area contributed by atoms with Crippen LogP contribution in [0, 0.1) is 0 Å². The fourth-order valence-corrected chi connectivity index (χ4v) is 0.995. The van der Waals surface area contributed by atoms with Crippen molar-refractivity contribution in [3.63, 3.8) is 0 Å². The third kappa shape index (κ3) is 4.05. The summed E-state index contributed by atoms with van der Waals surface area (Å²) < 4.78 is 0. The molecule has 1 amide bonds. The second-order valence-corrected chi connectivity index (χ2v) is 3.14. The van der Waals surface area contributed by atoms with Crippen molar-refractivity contribution in [2.75, 3.05) is 6.54 Å². The van der Waals surface area contributed by atoms with Gasteiger partial charge in [0.1, 0.15) is 5.15 Å². The first kappa shape index (κ1) is 10.7. The van der Waals surface area contributed by atoms with E-state index in [1.807, 2.05) is 18.2 Å². The zero-order valence-corrected chi connectivity index (χ0v) is 8.58. The Morgan fingerprint density at radius 2 is 2.43 bits per heavy atom. The predicted molar refractivity (Wildman–Crippen MR) is 57.0 cm³/mol. The minimum atomic E-state index is -0.0381. The van der Waals surface area contributed by atoms with Gasteiger partial charge in [0.15, 0.2) is 0 Å². The van der Waals surface area contributed by atoms with Crippen LogP contribution in [0.3, 0.4) is 0 Å². The first-order chi connectivity index (χ1) is 6.68. The van der Waals surface area contributed by atoms with Crippen LogP contribution in [0.4, 0.5) is 0 Å². The fourth-order valence-electron chi connectivity index (χ4n) is 0.884. The molecule has 0 spiro atoms. The van der Waals surface area contributed by atoms with Gasteiger partial charge in [-0.05, 0) is 11.6 Å². The minimum Gasteiger partial charge on any atom is -0.353 e. The highest BCUT2D eigenvalue weighted by molar-refractivity contribution is 6.29. The summed E-state index contributed by atoms with van der Waals surface area (Å²) in [4.78, 5) is 14.4. The molecule has 0 unspecified atom stereocenters. The SMILES string of the molecule is CC(=O)NCC=Cc1ccc(Cl)nc1. The van der Waals surface area contributed by atoms with Crippen LogP contribution in [0.2, 0.25) is 5.15 Å². The normalized spacial score (nSPS) is 10.4. The fraction of sp³-hybridized carbons (Fsp3) is 0.200. The lowest BCUT2D eigenvalue weighted by molar-refractivity contribution is -0.118. The number of nitrogens with zero attached hydrogens (tertiary/aromatic N) is 1. The van der Waals surface area contributed by atoms with Crippen molar-refractivity contribution in [3.05, 3.63) is 35.1 Å². The highest BCUT2D eigenvalue weighted by Crippen LogP contribution is 2.06. The number of nitrogens with one attached hydrogen (secondary N) is 1. The molecule has 0 bridgehead atoms. The lowest BCUT2D eigenvalue weighted by Crippen LogP contribution is -2.19. The molecule has 0 saturated heterocycles. The first-order valence-corrected chi connectivity index (χ1v) is 4.59. The van der Waals surface area contributed by atoms with Crippen LogP contribution >= 0.6 is 11.6 Å². The molecule has 0 saturated carbocycles. The summed E-state index contributed by atoms with van der Waals surface area (Å²) in [5.74, 6) is -0.0381. The Hall–Kier alpha value is -1.35. The summed E-state index contributed by atoms with van der Waals surface area (Å²) in [7, 11) is 0. The van der Waals surface area contributed by atoms with Gasteiger partial charge < -0.3 is 5.32 Å². The maximum Gasteiger partial charge on any atom is 0.217 e. The molecular formula is C10H11ClN2O. The Morgan fingerprint density at radius 1 is 1.64 bits per heavy atom. The molecule has 3 nitrogen and oxygen atoms in total. The van der Waals surface area contributed by atoms with E-state index in [-0.39, 0.29) is 5.91 Å². The van der Waals surface area contributed by atoms with Crippen LogP contribution in [0.15, 0.2) is 24.4 Å². The standard InChI is InChI=1S/C10H11ClN2O/c1-8(14)12-6-2-3-9-4-5-10(11)13-7-9/h2-5,7H,6H2,1H3,(H,12,14). The van der Waals surface area contributed by atoms with Gasteiger partial charge in [0, 0.05) is 19.7 Å². The molecule has 1 N–H and O–H groups in total. The molecule has 0 aliphatic heterocycles. The molecule has 0 atom stereocenters. The molecule has 0 radical (unpaired) electrons. The van der Waals surface area contributed by atoms with Crippen molar-refractivity contribution < 1.29 is 4.79 Å². The number of halogens is 1. The van der Waals surface area contributed by atoms with Gasteiger partial charge in [0.25, 0.3) is 0 Å². The number of hydrogen-bond acceptors (Lipinski definition) is 2. The maximum atomic E-state index is 10.5. The highest BCUT2D eigenvalue weighted by Gasteiger charge is 1.89. The zero-order valence-electron chi connectivity index (χ0n) is 7.83. The smallest absolute Gasteiger partial charge is 0.217 e. The molecular weight excluding hydrogens is 200 g/mol. The molecule has 1 heterocycles. The van der Waals surface area contributed by atoms with Crippen LogP contribution in [0.5, 0.6) is 0 Å². The second-order valence-electron chi connectivity index (χ2n) is 2.75. The quantitative estimate of drug-likeness (QED) is 0.775. The van der Waals surface area contributed by atoms with E-state index in [1.54, 1.807) is 12.3 Å². The van der Waals surface area contributed by atoms with E-state index < -0.39 is 0 Å². The number of carbonyl (C=O) groups is 1. The highest BCUT2D eigenvalue weighted by atomic mass is 35.5. The molecule has 0 fully saturated rings. The van der Waals surface area contributed by atoms with Crippen LogP contribution in [0.1, 0.15) is 12.5 Å². The van der Waals surface area contributed by atoms with Gasteiger partial charge in [-0.1, -0.05) is 29.8 Å². The van der Waals surface area contributed by atoms with Crippen LogP contribution in [-0.2, 0) is 4.79 Å². The lowest BCUT2D eigenvalue weighted by Gasteiger charge is -1.95. The number of aromatic nitrogens is 1. The van der Waals surface area contributed by atoms with Crippen molar-refractivity contribution in [2.24, 2.45) is 0 Å². The van der Waals surface area contributed by atoms with E-state index in [4.69, 9.17) is 11.6 Å². The van der Waals surface area contributed by atoms with Crippen LogP contribution in [-0.4, -0.2) is 17.4 Å². The van der Waals surface area contributed by atoms with E-state index >= 15 is 0 Å². The Morgan fingerprint density at radius 3 is 3.00 bits per heavy atom. The molecule has 74 valence electrons. The van der Waals surface area contributed by atoms with Crippen molar-refractivity contribution in [2.45, 2.75) is 6.92 Å². The Bertz CT molecular complexity index is 332. The van der Waals surface area contributed by atoms with E-state index in [9.17, 15) is 4.79 Å². The van der Waals surface area contributed by atoms with Gasteiger partial charge in [-0.15, -0.1) is 0 Å². The van der Waals surface area contributed by atoms with Crippen molar-refractivity contribution in [3.8, 4) is 0 Å². The lowest BCUT2D eigenvalue weighted by atomic mass is 10.2. The summed E-state index contributed by atoms with van der Waals surface area (Å²) >= 11 is 5.62. The van der Waals surface area contributed by atoms with E-state index in [0.717, 1.165) is 5.56 Å². The Balaban J connectivity index is 2.44. The summed E-state index contributed by atoms with van der Waals surface area (Å²) in [6.45, 7) is 2.01. The van der Waals surface area contributed by atoms with Crippen molar-refractivity contribution >= 4 is 23.6 Å². The molecule has 0 aromatic carbocycles. The second kappa shape index (κ2) is 5.40.